The van der Waals surface area contributed by atoms with E-state index in [1.165, 1.54) is 138 Å². The lowest BCUT2D eigenvalue weighted by atomic mass is 10.00. The first kappa shape index (κ1) is 41.5. The summed E-state index contributed by atoms with van der Waals surface area (Å²) in [6, 6.07) is 14.1. The molecule has 0 aliphatic rings. The van der Waals surface area contributed by atoms with Gasteiger partial charge < -0.3 is 0 Å². The van der Waals surface area contributed by atoms with Crippen molar-refractivity contribution in [3.63, 3.8) is 0 Å². The van der Waals surface area contributed by atoms with Crippen LogP contribution in [0.1, 0.15) is 192 Å². The van der Waals surface area contributed by atoms with Crippen molar-refractivity contribution in [1.29, 1.82) is 0 Å². The standard InChI is InChI=1S/C46H72N2/c1-7-12-17-18-19-20-21-22-27-32-46(48-45-37-42(30-25-15-10-4)34-43(38-45)31-26-16-11-5)39(6)47-44-35-40(28-23-13-8-2)33-41(36-44)29-24-14-9-3/h33-38H,7-26,28-31H2,1-6H3. The molecule has 0 aromatic heterocycles. The first-order valence-corrected chi connectivity index (χ1v) is 20.4. The molecule has 0 spiro atoms. The van der Waals surface area contributed by atoms with Gasteiger partial charge in [-0.3, -0.25) is 4.99 Å². The van der Waals surface area contributed by atoms with Gasteiger partial charge in [-0.05, 0) is 117 Å². The molecule has 2 rings (SSSR count). The highest BCUT2D eigenvalue weighted by Gasteiger charge is 2.08. The van der Waals surface area contributed by atoms with Crippen molar-refractivity contribution in [1.82, 2.24) is 0 Å². The van der Waals surface area contributed by atoms with Crippen molar-refractivity contribution in [2.24, 2.45) is 9.98 Å². The molecule has 2 aromatic rings. The Hall–Kier alpha value is -2.66. The minimum absolute atomic E-state index is 0.826. The third kappa shape index (κ3) is 18.8. The summed E-state index contributed by atoms with van der Waals surface area (Å²) >= 11 is 0. The summed E-state index contributed by atoms with van der Waals surface area (Å²) in [5.74, 6) is 7.04. The number of benzene rings is 2. The predicted molar refractivity (Wildman–Crippen MR) is 216 cm³/mol. The van der Waals surface area contributed by atoms with Crippen LogP contribution in [0.4, 0.5) is 11.4 Å². The summed E-state index contributed by atoms with van der Waals surface area (Å²) in [6.45, 7) is 13.5. The Morgan fingerprint density at radius 1 is 0.438 bits per heavy atom. The summed E-state index contributed by atoms with van der Waals surface area (Å²) < 4.78 is 0. The van der Waals surface area contributed by atoms with Crippen LogP contribution in [0.25, 0.3) is 0 Å². The van der Waals surface area contributed by atoms with Crippen molar-refractivity contribution >= 4 is 22.8 Å². The van der Waals surface area contributed by atoms with Crippen molar-refractivity contribution in [3.05, 3.63) is 58.7 Å². The highest BCUT2D eigenvalue weighted by Crippen LogP contribution is 2.24. The van der Waals surface area contributed by atoms with Gasteiger partial charge in [-0.15, -0.1) is 0 Å². The van der Waals surface area contributed by atoms with Crippen LogP contribution in [-0.4, -0.2) is 11.4 Å². The van der Waals surface area contributed by atoms with Gasteiger partial charge in [0.05, 0.1) is 17.1 Å². The average molecular weight is 653 g/mol. The van der Waals surface area contributed by atoms with E-state index in [4.69, 9.17) is 9.98 Å². The van der Waals surface area contributed by atoms with Gasteiger partial charge >= 0.3 is 0 Å². The van der Waals surface area contributed by atoms with Crippen molar-refractivity contribution < 1.29 is 0 Å². The molecule has 266 valence electrons. The van der Waals surface area contributed by atoms with Gasteiger partial charge in [0, 0.05) is 6.42 Å². The van der Waals surface area contributed by atoms with E-state index in [0.717, 1.165) is 61.3 Å². The minimum atomic E-state index is 0.826. The lowest BCUT2D eigenvalue weighted by Crippen LogP contribution is -2.08. The maximum Gasteiger partial charge on any atom is 0.135 e. The molecule has 48 heavy (non-hydrogen) atoms. The molecule has 2 aromatic carbocycles. The van der Waals surface area contributed by atoms with E-state index in [1.54, 1.807) is 0 Å². The van der Waals surface area contributed by atoms with E-state index < -0.39 is 0 Å². The van der Waals surface area contributed by atoms with E-state index >= 15 is 0 Å². The Morgan fingerprint density at radius 2 is 0.792 bits per heavy atom. The SMILES string of the molecule is CCCCCCCCCC#CC(=Nc1cc(CCCCC)cc(CCCCC)c1)C(C)=Nc1cc(CCCCC)cc(CCCCC)c1. The lowest BCUT2D eigenvalue weighted by Gasteiger charge is -2.10. The highest BCUT2D eigenvalue weighted by molar-refractivity contribution is 6.48. The van der Waals surface area contributed by atoms with Crippen molar-refractivity contribution in [2.45, 2.75) is 196 Å². The molecule has 2 heteroatoms. The van der Waals surface area contributed by atoms with Gasteiger partial charge in [-0.2, -0.15) is 0 Å². The third-order valence-corrected chi connectivity index (χ3v) is 9.34. The maximum atomic E-state index is 5.28. The number of nitrogens with zero attached hydrogens (tertiary/aromatic N) is 2. The molecule has 0 saturated heterocycles. The zero-order valence-electron chi connectivity index (χ0n) is 32.3. The Kier molecular flexibility index (Phi) is 23.5. The molecule has 0 radical (unpaired) electrons. The Labute approximate surface area is 298 Å². The van der Waals surface area contributed by atoms with Crippen LogP contribution in [-0.2, 0) is 25.7 Å². The van der Waals surface area contributed by atoms with Crippen molar-refractivity contribution in [2.75, 3.05) is 0 Å². The second-order valence-corrected chi connectivity index (χ2v) is 14.2. The topological polar surface area (TPSA) is 24.7 Å². The van der Waals surface area contributed by atoms with E-state index in [0.29, 0.717) is 0 Å². The molecular formula is C46H72N2. The molecule has 0 saturated carbocycles. The highest BCUT2D eigenvalue weighted by atomic mass is 14.8. The number of aryl methyl sites for hydroxylation is 4. The number of hydrogen-bond donors (Lipinski definition) is 0. The number of aliphatic imine (C=N–C) groups is 2. The van der Waals surface area contributed by atoms with Crippen LogP contribution in [0.15, 0.2) is 46.4 Å². The first-order chi connectivity index (χ1) is 23.5. The predicted octanol–water partition coefficient (Wildman–Crippen LogP) is 14.6. The number of unbranched alkanes of at least 4 members (excludes halogenated alkanes) is 15. The van der Waals surface area contributed by atoms with Gasteiger partial charge in [0.15, 0.2) is 0 Å². The normalized spacial score (nSPS) is 12.0. The average Bonchev–Trinajstić information content (AvgIpc) is 3.07. The molecule has 0 N–H and O–H groups in total. The molecule has 0 atom stereocenters. The van der Waals surface area contributed by atoms with Gasteiger partial charge in [-0.25, -0.2) is 4.99 Å². The summed E-state index contributed by atoms with van der Waals surface area (Å²) in [6.07, 6.45) is 29.6. The fourth-order valence-electron chi connectivity index (χ4n) is 6.40. The molecular weight excluding hydrogens is 581 g/mol. The Balaban J connectivity index is 2.45. The van der Waals surface area contributed by atoms with Crippen molar-refractivity contribution in [3.8, 4) is 11.8 Å². The monoisotopic (exact) mass is 653 g/mol. The zero-order chi connectivity index (χ0) is 34.7. The second-order valence-electron chi connectivity index (χ2n) is 14.2. The fourth-order valence-corrected chi connectivity index (χ4v) is 6.40. The zero-order valence-corrected chi connectivity index (χ0v) is 32.3. The molecule has 0 aliphatic carbocycles. The van der Waals surface area contributed by atoms with Gasteiger partial charge in [-0.1, -0.05) is 143 Å². The summed E-state index contributed by atoms with van der Waals surface area (Å²) in [5.41, 5.74) is 9.52. The molecule has 2 nitrogen and oxygen atoms in total. The lowest BCUT2D eigenvalue weighted by molar-refractivity contribution is 0.594. The van der Waals surface area contributed by atoms with Crippen LogP contribution >= 0.6 is 0 Å². The molecule has 0 amide bonds. The van der Waals surface area contributed by atoms with Gasteiger partial charge in [0.2, 0.25) is 0 Å². The summed E-state index contributed by atoms with van der Waals surface area (Å²) in [7, 11) is 0. The van der Waals surface area contributed by atoms with Crippen LogP contribution < -0.4 is 0 Å². The maximum absolute atomic E-state index is 5.28. The van der Waals surface area contributed by atoms with Crippen LogP contribution in [0.3, 0.4) is 0 Å². The van der Waals surface area contributed by atoms with Gasteiger partial charge in [0.1, 0.15) is 5.71 Å². The van der Waals surface area contributed by atoms with E-state index in [9.17, 15) is 0 Å². The van der Waals surface area contributed by atoms with Crippen LogP contribution in [0, 0.1) is 11.8 Å². The number of rotatable bonds is 26. The first-order valence-electron chi connectivity index (χ1n) is 20.4. The second kappa shape index (κ2) is 27.2. The third-order valence-electron chi connectivity index (χ3n) is 9.34. The van der Waals surface area contributed by atoms with E-state index in [1.807, 2.05) is 0 Å². The fraction of sp³-hybridized carbons (Fsp3) is 0.652. The van der Waals surface area contributed by atoms with Gasteiger partial charge in [0.25, 0.3) is 0 Å². The quantitative estimate of drug-likeness (QED) is 0.0549. The van der Waals surface area contributed by atoms with Crippen LogP contribution in [0.5, 0.6) is 0 Å². The molecule has 0 heterocycles. The minimum Gasteiger partial charge on any atom is -0.251 e. The molecule has 0 bridgehead atoms. The summed E-state index contributed by atoms with van der Waals surface area (Å²) in [5, 5.41) is 0. The molecule has 0 aliphatic heterocycles. The Bertz CT molecular complexity index is 1200. The summed E-state index contributed by atoms with van der Waals surface area (Å²) in [4.78, 5) is 10.5. The Morgan fingerprint density at radius 3 is 1.21 bits per heavy atom. The van der Waals surface area contributed by atoms with E-state index in [-0.39, 0.29) is 0 Å². The molecule has 0 unspecified atom stereocenters. The number of hydrogen-bond acceptors (Lipinski definition) is 2. The molecule has 0 fully saturated rings. The van der Waals surface area contributed by atoms with Crippen LogP contribution in [0.2, 0.25) is 0 Å². The largest absolute Gasteiger partial charge is 0.251 e. The van der Waals surface area contributed by atoms with E-state index in [2.05, 4.69) is 89.8 Å². The smallest absolute Gasteiger partial charge is 0.135 e.